The van der Waals surface area contributed by atoms with Gasteiger partial charge in [0.25, 0.3) is 0 Å². The van der Waals surface area contributed by atoms with E-state index >= 15 is 0 Å². The number of hydrogen-bond acceptors (Lipinski definition) is 2. The first-order valence-corrected chi connectivity index (χ1v) is 8.98. The number of pyridine rings is 1. The Balaban J connectivity index is 1.77. The highest BCUT2D eigenvalue weighted by Gasteiger charge is 2.10. The molecular formula is C22H18ClN3. The summed E-state index contributed by atoms with van der Waals surface area (Å²) in [7, 11) is 0. The van der Waals surface area contributed by atoms with Crippen LogP contribution < -0.4 is 0 Å². The van der Waals surface area contributed by atoms with Gasteiger partial charge in [-0.1, -0.05) is 61.0 Å². The number of aryl methyl sites for hydroxylation is 1. The van der Waals surface area contributed by atoms with Crippen molar-refractivity contribution < 1.29 is 0 Å². The Labute approximate surface area is 157 Å². The zero-order valence-corrected chi connectivity index (χ0v) is 15.2. The average molecular weight is 360 g/mol. The van der Waals surface area contributed by atoms with Crippen LogP contribution >= 0.6 is 11.6 Å². The molecule has 0 atom stereocenters. The van der Waals surface area contributed by atoms with Gasteiger partial charge in [-0.05, 0) is 41.3 Å². The number of H-pyrrole nitrogens is 1. The molecule has 0 aliphatic rings. The largest absolute Gasteiger partial charge is 0.277 e. The van der Waals surface area contributed by atoms with Crippen molar-refractivity contribution in [3.05, 3.63) is 82.8 Å². The predicted octanol–water partition coefficient (Wildman–Crippen LogP) is 6.01. The van der Waals surface area contributed by atoms with E-state index in [9.17, 15) is 0 Å². The monoisotopic (exact) mass is 359 g/mol. The summed E-state index contributed by atoms with van der Waals surface area (Å²) in [5.74, 6) is 0. The molecule has 0 bridgehead atoms. The second-order valence-electron chi connectivity index (χ2n) is 6.13. The van der Waals surface area contributed by atoms with Crippen molar-refractivity contribution >= 4 is 34.7 Å². The average Bonchev–Trinajstić information content (AvgIpc) is 3.09. The van der Waals surface area contributed by atoms with Crippen molar-refractivity contribution in [3.8, 4) is 11.1 Å². The van der Waals surface area contributed by atoms with Gasteiger partial charge in [0, 0.05) is 23.3 Å². The highest BCUT2D eigenvalue weighted by atomic mass is 35.5. The molecule has 128 valence electrons. The second kappa shape index (κ2) is 7.14. The summed E-state index contributed by atoms with van der Waals surface area (Å²) in [6, 6.07) is 16.4. The van der Waals surface area contributed by atoms with Crippen molar-refractivity contribution in [3.63, 3.8) is 0 Å². The van der Waals surface area contributed by atoms with Crippen molar-refractivity contribution in [2.75, 3.05) is 0 Å². The van der Waals surface area contributed by atoms with Gasteiger partial charge in [-0.25, -0.2) is 0 Å². The van der Waals surface area contributed by atoms with E-state index in [4.69, 9.17) is 11.6 Å². The van der Waals surface area contributed by atoms with E-state index < -0.39 is 0 Å². The number of nitrogens with zero attached hydrogens (tertiary/aromatic N) is 2. The molecule has 0 spiro atoms. The van der Waals surface area contributed by atoms with Crippen LogP contribution in [0.2, 0.25) is 5.02 Å². The van der Waals surface area contributed by atoms with Crippen LogP contribution in [0.15, 0.2) is 60.9 Å². The summed E-state index contributed by atoms with van der Waals surface area (Å²) in [5.41, 5.74) is 6.09. The lowest BCUT2D eigenvalue weighted by atomic mass is 10.0. The van der Waals surface area contributed by atoms with E-state index in [0.29, 0.717) is 0 Å². The molecule has 0 radical (unpaired) electrons. The lowest BCUT2D eigenvalue weighted by Crippen LogP contribution is -1.89. The molecule has 1 N–H and O–H groups in total. The van der Waals surface area contributed by atoms with Gasteiger partial charge in [0.05, 0.1) is 16.2 Å². The fourth-order valence-corrected chi connectivity index (χ4v) is 3.34. The number of halogens is 1. The maximum atomic E-state index is 6.57. The second-order valence-corrected chi connectivity index (χ2v) is 6.50. The first-order chi connectivity index (χ1) is 12.8. The van der Waals surface area contributed by atoms with E-state index in [1.165, 1.54) is 0 Å². The van der Waals surface area contributed by atoms with Gasteiger partial charge < -0.3 is 0 Å². The highest BCUT2D eigenvalue weighted by molar-refractivity contribution is 6.34. The van der Waals surface area contributed by atoms with Gasteiger partial charge in [-0.3, -0.25) is 10.1 Å². The standard InChI is InChI=1S/C22H18ClN3/c1-2-16-13-24-14-19(22(16)23)17-9-11-21-18(12-17)20(25-26-21)10-8-15-6-4-3-5-7-15/h3-14H,2H2,1H3,(H,25,26). The molecule has 0 saturated heterocycles. The first-order valence-electron chi connectivity index (χ1n) is 8.60. The van der Waals surface area contributed by atoms with Crippen LogP contribution in [0.5, 0.6) is 0 Å². The number of benzene rings is 2. The Bertz CT molecular complexity index is 1080. The van der Waals surface area contributed by atoms with Crippen molar-refractivity contribution in [2.45, 2.75) is 13.3 Å². The minimum Gasteiger partial charge on any atom is -0.277 e. The molecule has 0 fully saturated rings. The molecule has 0 saturated carbocycles. The molecule has 26 heavy (non-hydrogen) atoms. The molecular weight excluding hydrogens is 342 g/mol. The molecule has 4 rings (SSSR count). The summed E-state index contributed by atoms with van der Waals surface area (Å²) < 4.78 is 0. The molecule has 2 heterocycles. The Morgan fingerprint density at radius 2 is 1.88 bits per heavy atom. The summed E-state index contributed by atoms with van der Waals surface area (Å²) in [6.07, 6.45) is 8.60. The molecule has 2 aromatic carbocycles. The van der Waals surface area contributed by atoms with Gasteiger partial charge in [0.2, 0.25) is 0 Å². The van der Waals surface area contributed by atoms with E-state index in [1.807, 2.05) is 48.8 Å². The SMILES string of the molecule is CCc1cncc(-c2ccc3[nH]nc(C=Cc4ccccc4)c3c2)c1Cl. The molecule has 2 aromatic heterocycles. The molecule has 3 nitrogen and oxygen atoms in total. The van der Waals surface area contributed by atoms with E-state index in [2.05, 4.69) is 46.4 Å². The maximum Gasteiger partial charge on any atom is 0.0927 e. The topological polar surface area (TPSA) is 41.6 Å². The van der Waals surface area contributed by atoms with Crippen molar-refractivity contribution in [1.29, 1.82) is 0 Å². The van der Waals surface area contributed by atoms with Crippen LogP contribution in [-0.4, -0.2) is 15.2 Å². The number of rotatable bonds is 4. The Morgan fingerprint density at radius 1 is 1.04 bits per heavy atom. The number of nitrogens with one attached hydrogen (secondary N) is 1. The maximum absolute atomic E-state index is 6.57. The van der Waals surface area contributed by atoms with E-state index in [-0.39, 0.29) is 0 Å². The smallest absolute Gasteiger partial charge is 0.0927 e. The predicted molar refractivity (Wildman–Crippen MR) is 109 cm³/mol. The number of aromatic amines is 1. The molecule has 0 unspecified atom stereocenters. The van der Waals surface area contributed by atoms with E-state index in [1.54, 1.807) is 0 Å². The zero-order chi connectivity index (χ0) is 17.9. The lowest BCUT2D eigenvalue weighted by Gasteiger charge is -2.08. The Hall–Kier alpha value is -2.91. The normalized spacial score (nSPS) is 11.5. The van der Waals surface area contributed by atoms with Crippen LogP contribution in [0.4, 0.5) is 0 Å². The third-order valence-corrected chi connectivity index (χ3v) is 4.92. The first kappa shape index (κ1) is 16.6. The molecule has 0 aliphatic carbocycles. The zero-order valence-electron chi connectivity index (χ0n) is 14.4. The summed E-state index contributed by atoms with van der Waals surface area (Å²) in [6.45, 7) is 2.08. The molecule has 4 aromatic rings. The fourth-order valence-electron chi connectivity index (χ4n) is 3.00. The minimum absolute atomic E-state index is 0.770. The third-order valence-electron chi connectivity index (χ3n) is 4.47. The minimum atomic E-state index is 0.770. The van der Waals surface area contributed by atoms with Gasteiger partial charge in [0.1, 0.15) is 0 Å². The van der Waals surface area contributed by atoms with Gasteiger partial charge in [-0.2, -0.15) is 5.10 Å². The lowest BCUT2D eigenvalue weighted by molar-refractivity contribution is 1.10. The van der Waals surface area contributed by atoms with Crippen LogP contribution in [0.1, 0.15) is 23.7 Å². The molecule has 0 aliphatic heterocycles. The summed E-state index contributed by atoms with van der Waals surface area (Å²) in [4.78, 5) is 4.34. The third kappa shape index (κ3) is 3.14. The van der Waals surface area contributed by atoms with Crippen LogP contribution in [0, 0.1) is 0 Å². The van der Waals surface area contributed by atoms with Gasteiger partial charge in [-0.15, -0.1) is 0 Å². The molecule has 0 amide bonds. The number of fused-ring (bicyclic) bond motifs is 1. The summed E-state index contributed by atoms with van der Waals surface area (Å²) >= 11 is 6.57. The van der Waals surface area contributed by atoms with Crippen LogP contribution in [0.25, 0.3) is 34.2 Å². The van der Waals surface area contributed by atoms with Crippen molar-refractivity contribution in [1.82, 2.24) is 15.2 Å². The Kier molecular flexibility index (Phi) is 4.55. The molecule has 4 heteroatoms. The van der Waals surface area contributed by atoms with Gasteiger partial charge >= 0.3 is 0 Å². The quantitative estimate of drug-likeness (QED) is 0.484. The Morgan fingerprint density at radius 3 is 2.69 bits per heavy atom. The van der Waals surface area contributed by atoms with Gasteiger partial charge in [0.15, 0.2) is 0 Å². The summed E-state index contributed by atoms with van der Waals surface area (Å²) in [5, 5.41) is 9.36. The fraction of sp³-hybridized carbons (Fsp3) is 0.0909. The number of aromatic nitrogens is 3. The van der Waals surface area contributed by atoms with Crippen LogP contribution in [-0.2, 0) is 6.42 Å². The highest BCUT2D eigenvalue weighted by Crippen LogP contribution is 2.32. The van der Waals surface area contributed by atoms with Crippen molar-refractivity contribution in [2.24, 2.45) is 0 Å². The van der Waals surface area contributed by atoms with Crippen LogP contribution in [0.3, 0.4) is 0 Å². The number of hydrogen-bond donors (Lipinski definition) is 1. The van der Waals surface area contributed by atoms with E-state index in [0.717, 1.165) is 50.3 Å².